The van der Waals surface area contributed by atoms with Crippen LogP contribution in [0.4, 0.5) is 14.5 Å². The number of hydrogen-bond donors (Lipinski definition) is 1. The molecule has 116 valence electrons. The minimum Gasteiger partial charge on any atom is -0.381 e. The van der Waals surface area contributed by atoms with Gasteiger partial charge in [-0.1, -0.05) is 19.3 Å². The van der Waals surface area contributed by atoms with Crippen LogP contribution in [0.1, 0.15) is 49.4 Å². The van der Waals surface area contributed by atoms with Gasteiger partial charge in [0.05, 0.1) is 0 Å². The Hall–Kier alpha value is -1.65. The molecule has 1 amide bonds. The first kappa shape index (κ1) is 15.7. The van der Waals surface area contributed by atoms with Crippen LogP contribution in [0, 0.1) is 11.6 Å². The zero-order valence-electron chi connectivity index (χ0n) is 12.4. The van der Waals surface area contributed by atoms with Crippen molar-refractivity contribution in [2.45, 2.75) is 39.0 Å². The maximum Gasteiger partial charge on any atom is 0.254 e. The van der Waals surface area contributed by atoms with E-state index in [0.717, 1.165) is 37.8 Å². The van der Waals surface area contributed by atoms with Gasteiger partial charge in [-0.05, 0) is 31.9 Å². The summed E-state index contributed by atoms with van der Waals surface area (Å²) in [7, 11) is 0. The number of anilines is 1. The maximum atomic E-state index is 13.9. The average molecular weight is 296 g/mol. The maximum absolute atomic E-state index is 13.9. The van der Waals surface area contributed by atoms with Crippen LogP contribution in [-0.2, 0) is 0 Å². The van der Waals surface area contributed by atoms with E-state index < -0.39 is 11.6 Å². The first-order chi connectivity index (χ1) is 10.1. The molecular weight excluding hydrogens is 274 g/mol. The third-order valence-electron chi connectivity index (χ3n) is 3.79. The van der Waals surface area contributed by atoms with Crippen molar-refractivity contribution in [3.8, 4) is 0 Å². The van der Waals surface area contributed by atoms with Crippen LogP contribution in [0.3, 0.4) is 0 Å². The molecule has 5 heteroatoms. The molecule has 0 aliphatic carbocycles. The van der Waals surface area contributed by atoms with Gasteiger partial charge in [0.15, 0.2) is 0 Å². The summed E-state index contributed by atoms with van der Waals surface area (Å²) in [6.07, 6.45) is 5.30. The van der Waals surface area contributed by atoms with Crippen molar-refractivity contribution in [3.05, 3.63) is 29.3 Å². The number of carbonyl (C=O) groups excluding carboxylic acids is 1. The predicted octanol–water partition coefficient (Wildman–Crippen LogP) is 3.80. The third kappa shape index (κ3) is 3.93. The Morgan fingerprint density at radius 2 is 1.62 bits per heavy atom. The SMILES string of the molecule is CCNc1c(F)cc(C(=O)N2CCCCCCC2)cc1F. The Labute approximate surface area is 124 Å². The van der Waals surface area contributed by atoms with Crippen LogP contribution in [-0.4, -0.2) is 30.4 Å². The Balaban J connectivity index is 2.18. The topological polar surface area (TPSA) is 32.3 Å². The molecule has 0 saturated carbocycles. The van der Waals surface area contributed by atoms with E-state index in [0.29, 0.717) is 19.6 Å². The molecule has 1 aromatic rings. The molecule has 1 saturated heterocycles. The number of likely N-dealkylation sites (tertiary alicyclic amines) is 1. The van der Waals surface area contributed by atoms with Gasteiger partial charge < -0.3 is 10.2 Å². The van der Waals surface area contributed by atoms with Crippen molar-refractivity contribution < 1.29 is 13.6 Å². The van der Waals surface area contributed by atoms with E-state index in [4.69, 9.17) is 0 Å². The summed E-state index contributed by atoms with van der Waals surface area (Å²) >= 11 is 0. The molecule has 1 fully saturated rings. The van der Waals surface area contributed by atoms with Crippen LogP contribution in [0.25, 0.3) is 0 Å². The van der Waals surface area contributed by atoms with Gasteiger partial charge in [0.2, 0.25) is 0 Å². The fraction of sp³-hybridized carbons (Fsp3) is 0.562. The number of hydrogen-bond acceptors (Lipinski definition) is 2. The van der Waals surface area contributed by atoms with Gasteiger partial charge >= 0.3 is 0 Å². The van der Waals surface area contributed by atoms with Crippen molar-refractivity contribution in [3.63, 3.8) is 0 Å². The second-order valence-electron chi connectivity index (χ2n) is 5.41. The molecule has 0 bridgehead atoms. The van der Waals surface area contributed by atoms with Crippen LogP contribution < -0.4 is 5.32 Å². The van der Waals surface area contributed by atoms with Crippen LogP contribution in [0.5, 0.6) is 0 Å². The Morgan fingerprint density at radius 3 is 2.14 bits per heavy atom. The van der Waals surface area contributed by atoms with Crippen molar-refractivity contribution in [2.24, 2.45) is 0 Å². The van der Waals surface area contributed by atoms with Gasteiger partial charge in [-0.2, -0.15) is 0 Å². The molecular formula is C16H22F2N2O. The largest absolute Gasteiger partial charge is 0.381 e. The summed E-state index contributed by atoms with van der Waals surface area (Å²) in [5.74, 6) is -1.71. The fourth-order valence-corrected chi connectivity index (χ4v) is 2.68. The molecule has 0 unspecified atom stereocenters. The Bertz CT molecular complexity index is 474. The number of amides is 1. The molecule has 0 atom stereocenters. The van der Waals surface area contributed by atoms with Gasteiger partial charge in [-0.3, -0.25) is 4.79 Å². The highest BCUT2D eigenvalue weighted by Crippen LogP contribution is 2.22. The van der Waals surface area contributed by atoms with E-state index >= 15 is 0 Å². The van der Waals surface area contributed by atoms with Gasteiger partial charge in [-0.15, -0.1) is 0 Å². The zero-order valence-corrected chi connectivity index (χ0v) is 12.4. The number of carbonyl (C=O) groups is 1. The molecule has 1 heterocycles. The minimum atomic E-state index is -0.716. The van der Waals surface area contributed by atoms with Crippen molar-refractivity contribution in [1.82, 2.24) is 4.90 Å². The normalized spacial score (nSPS) is 16.2. The van der Waals surface area contributed by atoms with E-state index in [1.807, 2.05) is 0 Å². The molecule has 0 spiro atoms. The lowest BCUT2D eigenvalue weighted by atomic mass is 10.1. The number of nitrogens with one attached hydrogen (secondary N) is 1. The second-order valence-corrected chi connectivity index (χ2v) is 5.41. The summed E-state index contributed by atoms with van der Waals surface area (Å²) in [4.78, 5) is 14.1. The number of benzene rings is 1. The minimum absolute atomic E-state index is 0.0900. The lowest BCUT2D eigenvalue weighted by Crippen LogP contribution is -2.34. The summed E-state index contributed by atoms with van der Waals surface area (Å²) in [6.45, 7) is 3.51. The van der Waals surface area contributed by atoms with Gasteiger partial charge in [0.25, 0.3) is 5.91 Å². The van der Waals surface area contributed by atoms with Crippen LogP contribution in [0.2, 0.25) is 0 Å². The summed E-state index contributed by atoms with van der Waals surface area (Å²) in [5.41, 5.74) is -0.0751. The summed E-state index contributed by atoms with van der Waals surface area (Å²) in [5, 5.41) is 2.63. The molecule has 1 aliphatic rings. The first-order valence-corrected chi connectivity index (χ1v) is 7.65. The molecule has 2 rings (SSSR count). The standard InChI is InChI=1S/C16H22F2N2O/c1-2-19-15-13(17)10-12(11-14(15)18)16(21)20-8-6-4-3-5-7-9-20/h10-11,19H,2-9H2,1H3. The molecule has 1 aliphatic heterocycles. The fourth-order valence-electron chi connectivity index (χ4n) is 2.68. The van der Waals surface area contributed by atoms with Crippen LogP contribution >= 0.6 is 0 Å². The third-order valence-corrected chi connectivity index (χ3v) is 3.79. The molecule has 0 radical (unpaired) electrons. The average Bonchev–Trinajstić information content (AvgIpc) is 2.41. The lowest BCUT2D eigenvalue weighted by molar-refractivity contribution is 0.0741. The highest BCUT2D eigenvalue weighted by atomic mass is 19.1. The summed E-state index contributed by atoms with van der Waals surface area (Å²) < 4.78 is 27.8. The second kappa shape index (κ2) is 7.38. The summed E-state index contributed by atoms with van der Waals surface area (Å²) in [6, 6.07) is 2.25. The molecule has 1 N–H and O–H groups in total. The first-order valence-electron chi connectivity index (χ1n) is 7.65. The van der Waals surface area contributed by atoms with E-state index in [1.54, 1.807) is 11.8 Å². The number of halogens is 2. The van der Waals surface area contributed by atoms with Gasteiger partial charge in [0, 0.05) is 25.2 Å². The van der Waals surface area contributed by atoms with E-state index in [1.165, 1.54) is 6.42 Å². The quantitative estimate of drug-likeness (QED) is 0.920. The molecule has 0 aromatic heterocycles. The van der Waals surface area contributed by atoms with E-state index in [2.05, 4.69) is 5.32 Å². The van der Waals surface area contributed by atoms with Gasteiger partial charge in [-0.25, -0.2) is 8.78 Å². The van der Waals surface area contributed by atoms with Crippen molar-refractivity contribution >= 4 is 11.6 Å². The van der Waals surface area contributed by atoms with Crippen molar-refractivity contribution in [1.29, 1.82) is 0 Å². The number of nitrogens with zero attached hydrogens (tertiary/aromatic N) is 1. The zero-order chi connectivity index (χ0) is 15.2. The lowest BCUT2D eigenvalue weighted by Gasteiger charge is -2.25. The predicted molar refractivity (Wildman–Crippen MR) is 79.5 cm³/mol. The highest BCUT2D eigenvalue weighted by Gasteiger charge is 2.20. The van der Waals surface area contributed by atoms with Crippen molar-refractivity contribution in [2.75, 3.05) is 25.0 Å². The van der Waals surface area contributed by atoms with Gasteiger partial charge in [0.1, 0.15) is 17.3 Å². The Kier molecular flexibility index (Phi) is 5.53. The smallest absolute Gasteiger partial charge is 0.254 e. The number of rotatable bonds is 3. The van der Waals surface area contributed by atoms with Crippen LogP contribution in [0.15, 0.2) is 12.1 Å². The molecule has 3 nitrogen and oxygen atoms in total. The van der Waals surface area contributed by atoms with E-state index in [-0.39, 0.29) is 17.2 Å². The van der Waals surface area contributed by atoms with E-state index in [9.17, 15) is 13.6 Å². The highest BCUT2D eigenvalue weighted by molar-refractivity contribution is 5.94. The monoisotopic (exact) mass is 296 g/mol. The molecule has 1 aromatic carbocycles. The Morgan fingerprint density at radius 1 is 1.10 bits per heavy atom. The molecule has 21 heavy (non-hydrogen) atoms.